The van der Waals surface area contributed by atoms with E-state index < -0.39 is 0 Å². The van der Waals surface area contributed by atoms with Gasteiger partial charge in [0.05, 0.1) is 5.39 Å². The molecule has 1 amide bonds. The van der Waals surface area contributed by atoms with Crippen molar-refractivity contribution in [2.24, 2.45) is 0 Å². The number of thiophene rings is 1. The van der Waals surface area contributed by atoms with Crippen LogP contribution in [0.5, 0.6) is 0 Å². The van der Waals surface area contributed by atoms with Crippen LogP contribution in [-0.4, -0.2) is 35.0 Å². The van der Waals surface area contributed by atoms with E-state index in [2.05, 4.69) is 32.3 Å². The number of carbonyl (C=O) groups excluding carboxylic acids is 1. The highest BCUT2D eigenvalue weighted by Crippen LogP contribution is 2.30. The summed E-state index contributed by atoms with van der Waals surface area (Å²) in [6.45, 7) is 3.29. The lowest BCUT2D eigenvalue weighted by Crippen LogP contribution is -2.56. The normalized spacial score (nSPS) is 18.0. The molecule has 1 fully saturated rings. The molecule has 5 nitrogen and oxygen atoms in total. The highest BCUT2D eigenvalue weighted by atomic mass is 32.1. The van der Waals surface area contributed by atoms with Crippen LogP contribution in [0.2, 0.25) is 0 Å². The molecule has 122 valence electrons. The maximum absolute atomic E-state index is 12.5. The molecular weight excluding hydrogens is 320 g/mol. The first-order chi connectivity index (χ1) is 11.7. The largest absolute Gasteiger partial charge is 0.353 e. The summed E-state index contributed by atoms with van der Waals surface area (Å²) in [6, 6.07) is 11.9. The zero-order chi connectivity index (χ0) is 16.5. The Morgan fingerprint density at radius 3 is 2.92 bits per heavy atom. The van der Waals surface area contributed by atoms with Crippen LogP contribution in [-0.2, 0) is 11.2 Å². The van der Waals surface area contributed by atoms with Crippen LogP contribution >= 0.6 is 11.3 Å². The fourth-order valence-electron chi connectivity index (χ4n) is 3.17. The van der Waals surface area contributed by atoms with Crippen molar-refractivity contribution in [3.63, 3.8) is 0 Å². The van der Waals surface area contributed by atoms with Crippen molar-refractivity contribution in [1.29, 1.82) is 0 Å². The second kappa shape index (κ2) is 6.20. The number of nitrogens with one attached hydrogen (secondary N) is 1. The molecule has 0 saturated carbocycles. The molecular formula is C18H18N4OS. The van der Waals surface area contributed by atoms with Crippen molar-refractivity contribution in [1.82, 2.24) is 15.3 Å². The smallest absolute Gasteiger partial charge is 0.243 e. The Morgan fingerprint density at radius 1 is 1.25 bits per heavy atom. The third-order valence-electron chi connectivity index (χ3n) is 4.29. The van der Waals surface area contributed by atoms with Gasteiger partial charge in [0.1, 0.15) is 22.5 Å². The number of piperazine rings is 1. The molecule has 1 aliphatic heterocycles. The van der Waals surface area contributed by atoms with Gasteiger partial charge in [0.25, 0.3) is 0 Å². The molecule has 3 heterocycles. The van der Waals surface area contributed by atoms with Crippen molar-refractivity contribution in [3.8, 4) is 0 Å². The molecule has 1 N–H and O–H groups in total. The molecule has 0 spiro atoms. The lowest BCUT2D eigenvalue weighted by atomic mass is 10.0. The Balaban J connectivity index is 1.75. The summed E-state index contributed by atoms with van der Waals surface area (Å²) in [5, 5.41) is 6.04. The molecule has 24 heavy (non-hydrogen) atoms. The van der Waals surface area contributed by atoms with Gasteiger partial charge in [0.15, 0.2) is 0 Å². The second-order valence-corrected chi connectivity index (χ2v) is 6.82. The minimum Gasteiger partial charge on any atom is -0.353 e. The summed E-state index contributed by atoms with van der Waals surface area (Å²) >= 11 is 1.61. The molecule has 3 aromatic rings. The average Bonchev–Trinajstić information content (AvgIpc) is 3.05. The van der Waals surface area contributed by atoms with Crippen molar-refractivity contribution < 1.29 is 4.79 Å². The van der Waals surface area contributed by atoms with E-state index in [0.717, 1.165) is 34.0 Å². The van der Waals surface area contributed by atoms with Crippen molar-refractivity contribution >= 4 is 33.3 Å². The standard InChI is InChI=1S/C18H18N4OS/c1-12-20-16(14-7-10-24-18(14)21-12)22-9-8-19-17(23)15(22)11-13-5-3-2-4-6-13/h2-7,10,15H,8-9,11H2,1H3,(H,19,23). The van der Waals surface area contributed by atoms with Gasteiger partial charge in [0.2, 0.25) is 5.91 Å². The van der Waals surface area contributed by atoms with Gasteiger partial charge in [0, 0.05) is 19.5 Å². The van der Waals surface area contributed by atoms with Crippen LogP contribution in [0.1, 0.15) is 11.4 Å². The van der Waals surface area contributed by atoms with Gasteiger partial charge in [-0.2, -0.15) is 0 Å². The van der Waals surface area contributed by atoms with E-state index >= 15 is 0 Å². The van der Waals surface area contributed by atoms with Crippen LogP contribution in [0.15, 0.2) is 41.8 Å². The number of fused-ring (bicyclic) bond motifs is 1. The lowest BCUT2D eigenvalue weighted by Gasteiger charge is -2.36. The predicted octanol–water partition coefficient (Wildman–Crippen LogP) is 2.55. The summed E-state index contributed by atoms with van der Waals surface area (Å²) in [5.41, 5.74) is 1.15. The number of carbonyl (C=O) groups is 1. The average molecular weight is 338 g/mol. The molecule has 1 aliphatic rings. The number of nitrogens with zero attached hydrogens (tertiary/aromatic N) is 3. The van der Waals surface area contributed by atoms with E-state index in [1.54, 1.807) is 11.3 Å². The zero-order valence-corrected chi connectivity index (χ0v) is 14.2. The summed E-state index contributed by atoms with van der Waals surface area (Å²) in [5.74, 6) is 1.67. The summed E-state index contributed by atoms with van der Waals surface area (Å²) in [4.78, 5) is 24.8. The number of hydrogen-bond acceptors (Lipinski definition) is 5. The van der Waals surface area contributed by atoms with Gasteiger partial charge in [-0.1, -0.05) is 30.3 Å². The molecule has 1 unspecified atom stereocenters. The molecule has 6 heteroatoms. The first kappa shape index (κ1) is 15.1. The van der Waals surface area contributed by atoms with Gasteiger partial charge >= 0.3 is 0 Å². The monoisotopic (exact) mass is 338 g/mol. The number of rotatable bonds is 3. The minimum atomic E-state index is -0.251. The Kier molecular flexibility index (Phi) is 3.90. The van der Waals surface area contributed by atoms with Gasteiger partial charge < -0.3 is 10.2 Å². The number of aryl methyl sites for hydroxylation is 1. The third kappa shape index (κ3) is 2.73. The van der Waals surface area contributed by atoms with Crippen molar-refractivity contribution in [3.05, 3.63) is 53.2 Å². The lowest BCUT2D eigenvalue weighted by molar-refractivity contribution is -0.123. The number of hydrogen-bond donors (Lipinski definition) is 1. The topological polar surface area (TPSA) is 58.1 Å². The van der Waals surface area contributed by atoms with Crippen LogP contribution in [0, 0.1) is 6.92 Å². The highest BCUT2D eigenvalue weighted by Gasteiger charge is 2.32. The summed E-state index contributed by atoms with van der Waals surface area (Å²) < 4.78 is 0. The van der Waals surface area contributed by atoms with Gasteiger partial charge in [-0.05, 0) is 23.9 Å². The Hall–Kier alpha value is -2.47. The van der Waals surface area contributed by atoms with Crippen molar-refractivity contribution in [2.75, 3.05) is 18.0 Å². The Labute approximate surface area is 144 Å². The predicted molar refractivity (Wildman–Crippen MR) is 96.4 cm³/mol. The van der Waals surface area contributed by atoms with E-state index in [-0.39, 0.29) is 11.9 Å². The van der Waals surface area contributed by atoms with E-state index in [0.29, 0.717) is 13.0 Å². The Morgan fingerprint density at radius 2 is 2.08 bits per heavy atom. The first-order valence-electron chi connectivity index (χ1n) is 8.02. The van der Waals surface area contributed by atoms with Gasteiger partial charge in [-0.3, -0.25) is 4.79 Å². The van der Waals surface area contributed by atoms with Crippen LogP contribution in [0.4, 0.5) is 5.82 Å². The minimum absolute atomic E-state index is 0.0600. The van der Waals surface area contributed by atoms with Gasteiger partial charge in [-0.15, -0.1) is 11.3 Å². The van der Waals surface area contributed by atoms with Crippen molar-refractivity contribution in [2.45, 2.75) is 19.4 Å². The fourth-order valence-corrected chi connectivity index (χ4v) is 3.98. The maximum atomic E-state index is 12.5. The molecule has 1 saturated heterocycles. The number of anilines is 1. The fraction of sp³-hybridized carbons (Fsp3) is 0.278. The first-order valence-corrected chi connectivity index (χ1v) is 8.90. The molecule has 1 atom stereocenters. The van der Waals surface area contributed by atoms with E-state index in [1.165, 1.54) is 0 Å². The van der Waals surface area contributed by atoms with Crippen LogP contribution < -0.4 is 10.2 Å². The third-order valence-corrected chi connectivity index (χ3v) is 5.10. The molecule has 1 aromatic carbocycles. The molecule has 0 aliphatic carbocycles. The van der Waals surface area contributed by atoms with E-state index in [9.17, 15) is 4.79 Å². The zero-order valence-electron chi connectivity index (χ0n) is 13.4. The summed E-state index contributed by atoms with van der Waals surface area (Å²) in [7, 11) is 0. The maximum Gasteiger partial charge on any atom is 0.243 e. The number of aromatic nitrogens is 2. The van der Waals surface area contributed by atoms with Crippen LogP contribution in [0.25, 0.3) is 10.2 Å². The Bertz CT molecular complexity index is 877. The SMILES string of the molecule is Cc1nc(N2CCNC(=O)C2Cc2ccccc2)c2ccsc2n1. The van der Waals surface area contributed by atoms with E-state index in [1.807, 2.05) is 36.6 Å². The van der Waals surface area contributed by atoms with Gasteiger partial charge in [-0.25, -0.2) is 9.97 Å². The quantitative estimate of drug-likeness (QED) is 0.797. The molecule has 0 bridgehead atoms. The second-order valence-electron chi connectivity index (χ2n) is 5.92. The summed E-state index contributed by atoms with van der Waals surface area (Å²) in [6.07, 6.45) is 0.668. The molecule has 4 rings (SSSR count). The number of amides is 1. The van der Waals surface area contributed by atoms with E-state index in [4.69, 9.17) is 0 Å². The number of benzene rings is 1. The molecule has 2 aromatic heterocycles. The highest BCUT2D eigenvalue weighted by molar-refractivity contribution is 7.16. The molecule has 0 radical (unpaired) electrons. The van der Waals surface area contributed by atoms with Crippen LogP contribution in [0.3, 0.4) is 0 Å².